The number of benzene rings is 2. The van der Waals surface area contributed by atoms with E-state index in [1.54, 1.807) is 60.0 Å². The van der Waals surface area contributed by atoms with E-state index in [1.165, 1.54) is 3.97 Å². The predicted octanol–water partition coefficient (Wildman–Crippen LogP) is 3.84. The van der Waals surface area contributed by atoms with E-state index < -0.39 is 10.0 Å². The van der Waals surface area contributed by atoms with Crippen LogP contribution in [0.15, 0.2) is 69.3 Å². The average molecular weight is 488 g/mol. The van der Waals surface area contributed by atoms with Crippen LogP contribution in [0, 0.1) is 0 Å². The zero-order valence-electron chi connectivity index (χ0n) is 16.6. The number of para-hydroxylation sites is 2. The molecule has 0 unspecified atom stereocenters. The van der Waals surface area contributed by atoms with E-state index in [2.05, 4.69) is 10.3 Å². The molecule has 0 bridgehead atoms. The number of nitrogens with zero attached hydrogens (tertiary/aromatic N) is 2. The van der Waals surface area contributed by atoms with Gasteiger partial charge in [0.1, 0.15) is 17.4 Å². The molecule has 164 valence electrons. The molecule has 1 aliphatic heterocycles. The third kappa shape index (κ3) is 3.94. The highest BCUT2D eigenvalue weighted by Crippen LogP contribution is 2.33. The molecule has 3 heterocycles. The fourth-order valence-corrected chi connectivity index (χ4v) is 6.83. The summed E-state index contributed by atoms with van der Waals surface area (Å²) in [6, 6.07) is 15.4. The molecule has 0 spiro atoms. The van der Waals surface area contributed by atoms with Gasteiger partial charge in [0.15, 0.2) is 16.7 Å². The molecule has 0 saturated carbocycles. The van der Waals surface area contributed by atoms with E-state index in [1.807, 2.05) is 0 Å². The van der Waals surface area contributed by atoms with Crippen molar-refractivity contribution >= 4 is 55.7 Å². The Hall–Kier alpha value is -3.02. The van der Waals surface area contributed by atoms with Crippen molar-refractivity contribution in [2.45, 2.75) is 9.37 Å². The number of carbonyl (C=O) groups is 1. The second-order valence-electron chi connectivity index (χ2n) is 6.78. The molecule has 1 aliphatic rings. The normalized spacial score (nSPS) is 13.2. The van der Waals surface area contributed by atoms with Gasteiger partial charge in [0.05, 0.1) is 16.8 Å². The van der Waals surface area contributed by atoms with Crippen LogP contribution in [-0.2, 0) is 14.8 Å². The molecule has 0 fully saturated rings. The fraction of sp³-hybridized carbons (Fsp3) is 0.143. The molecule has 32 heavy (non-hydrogen) atoms. The lowest BCUT2D eigenvalue weighted by Crippen LogP contribution is -2.18. The quantitative estimate of drug-likeness (QED) is 0.413. The van der Waals surface area contributed by atoms with Gasteiger partial charge in [0.2, 0.25) is 5.91 Å². The third-order valence-corrected chi connectivity index (χ3v) is 8.77. The molecule has 5 rings (SSSR count). The number of carbonyl (C=O) groups excluding carboxylic acids is 1. The van der Waals surface area contributed by atoms with Crippen molar-refractivity contribution in [3.8, 4) is 11.5 Å². The van der Waals surface area contributed by atoms with Gasteiger partial charge in [-0.1, -0.05) is 30.0 Å². The summed E-state index contributed by atoms with van der Waals surface area (Å²) >= 11 is 2.20. The number of rotatable bonds is 6. The topological polar surface area (TPSA) is 99.5 Å². The Bertz CT molecular complexity index is 1400. The number of fused-ring (bicyclic) bond motifs is 2. The number of hydrogen-bond acceptors (Lipinski definition) is 8. The van der Waals surface area contributed by atoms with E-state index in [0.717, 1.165) is 23.1 Å². The lowest BCUT2D eigenvalue weighted by atomic mass is 10.2. The third-order valence-electron chi connectivity index (χ3n) is 4.64. The lowest BCUT2D eigenvalue weighted by molar-refractivity contribution is -0.113. The SMILES string of the molecule is O=C(CSc1nc2ccccc2n1S(=O)(=O)c1cccs1)Nc1ccc2c(c1)OCCO2. The van der Waals surface area contributed by atoms with Crippen LogP contribution in [-0.4, -0.2) is 42.2 Å². The van der Waals surface area contributed by atoms with Crippen molar-refractivity contribution in [1.29, 1.82) is 0 Å². The highest BCUT2D eigenvalue weighted by molar-refractivity contribution is 8.00. The highest BCUT2D eigenvalue weighted by atomic mass is 32.2. The summed E-state index contributed by atoms with van der Waals surface area (Å²) in [4.78, 5) is 17.0. The smallest absolute Gasteiger partial charge is 0.279 e. The maximum absolute atomic E-state index is 13.3. The minimum absolute atomic E-state index is 0.0161. The first-order chi connectivity index (χ1) is 15.5. The van der Waals surface area contributed by atoms with E-state index >= 15 is 0 Å². The van der Waals surface area contributed by atoms with Crippen molar-refractivity contribution in [3.05, 3.63) is 60.0 Å². The van der Waals surface area contributed by atoms with Crippen molar-refractivity contribution in [1.82, 2.24) is 8.96 Å². The predicted molar refractivity (Wildman–Crippen MR) is 123 cm³/mol. The minimum atomic E-state index is -3.84. The van der Waals surface area contributed by atoms with E-state index in [0.29, 0.717) is 41.4 Å². The first kappa shape index (κ1) is 20.9. The molecule has 2 aromatic heterocycles. The van der Waals surface area contributed by atoms with Gasteiger partial charge in [-0.2, -0.15) is 8.42 Å². The van der Waals surface area contributed by atoms with Crippen molar-refractivity contribution in [2.24, 2.45) is 0 Å². The van der Waals surface area contributed by atoms with E-state index in [9.17, 15) is 13.2 Å². The van der Waals surface area contributed by atoms with Gasteiger partial charge in [0.25, 0.3) is 10.0 Å². The van der Waals surface area contributed by atoms with Gasteiger partial charge in [-0.05, 0) is 35.7 Å². The standard InChI is InChI=1S/C21H17N3O5S3/c25-19(22-14-7-8-17-18(12-14)29-10-9-28-17)13-31-21-23-15-4-1-2-5-16(15)24(21)32(26,27)20-6-3-11-30-20/h1-8,11-12H,9-10,13H2,(H,22,25). The summed E-state index contributed by atoms with van der Waals surface area (Å²) in [6.45, 7) is 0.944. The monoisotopic (exact) mass is 487 g/mol. The molecule has 1 amide bonds. The molecular weight excluding hydrogens is 470 g/mol. The number of nitrogens with one attached hydrogen (secondary N) is 1. The summed E-state index contributed by atoms with van der Waals surface area (Å²) in [7, 11) is -3.84. The first-order valence-electron chi connectivity index (χ1n) is 9.61. The molecule has 0 saturated heterocycles. The molecule has 0 aliphatic carbocycles. The largest absolute Gasteiger partial charge is 0.486 e. The number of imidazole rings is 1. The molecule has 0 radical (unpaired) electrons. The van der Waals surface area contributed by atoms with Crippen molar-refractivity contribution < 1.29 is 22.7 Å². The minimum Gasteiger partial charge on any atom is -0.486 e. The number of ether oxygens (including phenoxy) is 2. The Morgan fingerprint density at radius 3 is 2.72 bits per heavy atom. The number of amides is 1. The van der Waals surface area contributed by atoms with E-state index in [-0.39, 0.29) is 21.0 Å². The number of aromatic nitrogens is 2. The summed E-state index contributed by atoms with van der Waals surface area (Å²) < 4.78 is 39.0. The summed E-state index contributed by atoms with van der Waals surface area (Å²) in [5, 5.41) is 4.74. The second-order valence-corrected chi connectivity index (χ2v) is 10.7. The molecule has 8 nitrogen and oxygen atoms in total. The number of anilines is 1. The van der Waals surface area contributed by atoms with Crippen LogP contribution >= 0.6 is 23.1 Å². The molecule has 2 aromatic carbocycles. The van der Waals surface area contributed by atoms with Gasteiger partial charge >= 0.3 is 0 Å². The van der Waals surface area contributed by atoms with Gasteiger partial charge in [-0.25, -0.2) is 8.96 Å². The Morgan fingerprint density at radius 2 is 1.91 bits per heavy atom. The van der Waals surface area contributed by atoms with Crippen LogP contribution in [0.1, 0.15) is 0 Å². The second kappa shape index (κ2) is 8.49. The molecule has 0 atom stereocenters. The van der Waals surface area contributed by atoms with Crippen molar-refractivity contribution in [3.63, 3.8) is 0 Å². The Morgan fingerprint density at radius 1 is 1.09 bits per heavy atom. The number of thioether (sulfide) groups is 1. The summed E-state index contributed by atoms with van der Waals surface area (Å²) in [5.41, 5.74) is 1.58. The molecule has 4 aromatic rings. The zero-order chi connectivity index (χ0) is 22.1. The molecular formula is C21H17N3O5S3. The fourth-order valence-electron chi connectivity index (χ4n) is 3.25. The molecule has 11 heteroatoms. The maximum atomic E-state index is 13.3. The van der Waals surface area contributed by atoms with Crippen LogP contribution in [0.3, 0.4) is 0 Å². The van der Waals surface area contributed by atoms with Crippen LogP contribution in [0.25, 0.3) is 11.0 Å². The number of thiophene rings is 1. The van der Waals surface area contributed by atoms with Crippen LogP contribution in [0.4, 0.5) is 5.69 Å². The highest BCUT2D eigenvalue weighted by Gasteiger charge is 2.26. The summed E-state index contributed by atoms with van der Waals surface area (Å²) in [5.74, 6) is 0.901. The van der Waals surface area contributed by atoms with Gasteiger partial charge in [-0.15, -0.1) is 11.3 Å². The first-order valence-corrected chi connectivity index (χ1v) is 12.9. The van der Waals surface area contributed by atoms with Crippen molar-refractivity contribution in [2.75, 3.05) is 24.3 Å². The Balaban J connectivity index is 1.38. The number of hydrogen-bond donors (Lipinski definition) is 1. The average Bonchev–Trinajstić information content (AvgIpc) is 3.46. The maximum Gasteiger partial charge on any atom is 0.279 e. The van der Waals surface area contributed by atoms with Gasteiger partial charge in [0, 0.05) is 11.8 Å². The van der Waals surface area contributed by atoms with Crippen LogP contribution in [0.2, 0.25) is 0 Å². The lowest BCUT2D eigenvalue weighted by Gasteiger charge is -2.19. The van der Waals surface area contributed by atoms with Crippen LogP contribution < -0.4 is 14.8 Å². The zero-order valence-corrected chi connectivity index (χ0v) is 19.0. The Kier molecular flexibility index (Phi) is 5.53. The van der Waals surface area contributed by atoms with Crippen LogP contribution in [0.5, 0.6) is 11.5 Å². The Labute approximate surface area is 192 Å². The van der Waals surface area contributed by atoms with Gasteiger partial charge < -0.3 is 14.8 Å². The summed E-state index contributed by atoms with van der Waals surface area (Å²) in [6.07, 6.45) is 0. The van der Waals surface area contributed by atoms with E-state index in [4.69, 9.17) is 9.47 Å². The molecule has 1 N–H and O–H groups in total. The van der Waals surface area contributed by atoms with Gasteiger partial charge in [-0.3, -0.25) is 4.79 Å².